The van der Waals surface area contributed by atoms with E-state index in [2.05, 4.69) is 18.0 Å². The molecule has 0 heterocycles. The van der Waals surface area contributed by atoms with E-state index in [1.807, 2.05) is 0 Å². The van der Waals surface area contributed by atoms with Crippen LogP contribution in [-0.2, 0) is 19.4 Å². The van der Waals surface area contributed by atoms with E-state index < -0.39 is 16.4 Å². The summed E-state index contributed by atoms with van der Waals surface area (Å²) in [5.74, 6) is -0.903. The summed E-state index contributed by atoms with van der Waals surface area (Å²) >= 11 is 0. The Hall–Kier alpha value is 0.872. The molecule has 0 aromatic carbocycles. The number of carbonyl (C=O) groups is 1. The minimum Gasteiger partial charge on any atom is -0.726 e. The second-order valence-electron chi connectivity index (χ2n) is 10.5. The van der Waals surface area contributed by atoms with E-state index in [1.54, 1.807) is 0 Å². The van der Waals surface area contributed by atoms with Crippen LogP contribution >= 0.6 is 0 Å². The third-order valence-electron chi connectivity index (χ3n) is 6.71. The van der Waals surface area contributed by atoms with Gasteiger partial charge in [0.2, 0.25) is 10.4 Å². The third-order valence-corrected chi connectivity index (χ3v) is 7.17. The van der Waals surface area contributed by atoms with Crippen molar-refractivity contribution in [3.8, 4) is 0 Å². The number of rotatable bonds is 28. The molecule has 0 aliphatic carbocycles. The fourth-order valence-corrected chi connectivity index (χ4v) is 4.71. The maximum absolute atomic E-state index is 10.2. The molecule has 0 atom stereocenters. The summed E-state index contributed by atoms with van der Waals surface area (Å²) in [6, 6.07) is 0. The number of aliphatic carboxylic acids is 1. The van der Waals surface area contributed by atoms with Gasteiger partial charge in [0.15, 0.2) is 0 Å². The summed E-state index contributed by atoms with van der Waals surface area (Å²) in [4.78, 5) is 10.2. The maximum Gasteiger partial charge on any atom is 2.00 e. The van der Waals surface area contributed by atoms with Gasteiger partial charge in [-0.05, 0) is 19.3 Å². The SMILES string of the molecule is CCCCCCCCCCCCCCCCCC(=O)[O-].CCCCCCCCCCCCOS(=O)(=O)[O-].[Mg+2].[Mg+2]. The first kappa shape index (κ1) is 46.8. The second-order valence-corrected chi connectivity index (χ2v) is 11.5. The van der Waals surface area contributed by atoms with Crippen molar-refractivity contribution in [1.82, 2.24) is 0 Å². The third kappa shape index (κ3) is 52.0. The van der Waals surface area contributed by atoms with E-state index >= 15 is 0 Å². The summed E-state index contributed by atoms with van der Waals surface area (Å²) in [7, 11) is -4.48. The molecular weight excluding hydrogens is 537 g/mol. The zero-order chi connectivity index (χ0) is 27.9. The second kappa shape index (κ2) is 38.9. The quantitative estimate of drug-likeness (QED) is 0.0398. The van der Waals surface area contributed by atoms with Crippen molar-refractivity contribution >= 4 is 62.5 Å². The average molecular weight is 597 g/mol. The van der Waals surface area contributed by atoms with Crippen molar-refractivity contribution in [2.75, 3.05) is 6.61 Å². The van der Waals surface area contributed by atoms with Crippen molar-refractivity contribution in [2.45, 2.75) is 181 Å². The fourth-order valence-electron chi connectivity index (χ4n) is 4.39. The molecule has 9 heteroatoms. The first-order chi connectivity index (χ1) is 17.8. The van der Waals surface area contributed by atoms with Crippen LogP contribution in [0.25, 0.3) is 0 Å². The minimum atomic E-state index is -4.48. The Labute approximate surface area is 275 Å². The van der Waals surface area contributed by atoms with Gasteiger partial charge in [0, 0.05) is 5.97 Å². The van der Waals surface area contributed by atoms with Crippen molar-refractivity contribution in [2.24, 2.45) is 0 Å². The molecule has 0 aromatic heterocycles. The van der Waals surface area contributed by atoms with Crippen LogP contribution in [0.3, 0.4) is 0 Å². The number of hydrogen-bond acceptors (Lipinski definition) is 6. The standard InChI is InChI=1S/C18H36O2.C12H26O4S.2Mg/c1-2-3-4-5-6-7-8-9-10-11-12-13-14-15-16-17-18(19)20;1-2-3-4-5-6-7-8-9-10-11-12-16-17(13,14)15;;/h2-17H2,1H3,(H,19,20);2-12H2,1H3,(H,13,14,15);;/q;;2*+2/p-2. The van der Waals surface area contributed by atoms with E-state index in [0.29, 0.717) is 6.42 Å². The molecule has 0 saturated carbocycles. The molecule has 0 aromatic rings. The molecule has 6 nitrogen and oxygen atoms in total. The Bertz CT molecular complexity index is 562. The van der Waals surface area contributed by atoms with Gasteiger partial charge in [-0.25, -0.2) is 8.42 Å². The number of carboxylic acid groups (broad SMARTS) is 1. The topological polar surface area (TPSA) is 107 Å². The van der Waals surface area contributed by atoms with Gasteiger partial charge >= 0.3 is 46.1 Å². The van der Waals surface area contributed by atoms with Gasteiger partial charge in [0.05, 0.1) is 6.61 Å². The molecule has 0 saturated heterocycles. The largest absolute Gasteiger partial charge is 2.00 e. The Balaban J connectivity index is -0.000000302. The van der Waals surface area contributed by atoms with Gasteiger partial charge < -0.3 is 14.5 Å². The summed E-state index contributed by atoms with van der Waals surface area (Å²) in [6.07, 6.45) is 31.6. The predicted octanol–water partition coefficient (Wildman–Crippen LogP) is 7.62. The summed E-state index contributed by atoms with van der Waals surface area (Å²) < 4.78 is 34.5. The molecule has 39 heavy (non-hydrogen) atoms. The van der Waals surface area contributed by atoms with E-state index in [9.17, 15) is 22.9 Å². The van der Waals surface area contributed by atoms with Gasteiger partial charge in [-0.2, -0.15) is 0 Å². The molecule has 0 fully saturated rings. The van der Waals surface area contributed by atoms with E-state index in [1.165, 1.54) is 128 Å². The van der Waals surface area contributed by atoms with Gasteiger partial charge in [-0.15, -0.1) is 0 Å². The summed E-state index contributed by atoms with van der Waals surface area (Å²) in [5, 5.41) is 10.2. The van der Waals surface area contributed by atoms with Gasteiger partial charge in [-0.1, -0.05) is 162 Å². The van der Waals surface area contributed by atoms with E-state index in [0.717, 1.165) is 25.7 Å². The van der Waals surface area contributed by atoms with Crippen LogP contribution < -0.4 is 5.11 Å². The van der Waals surface area contributed by atoms with Crippen molar-refractivity contribution < 1.29 is 27.1 Å². The Morgan fingerprint density at radius 2 is 0.769 bits per heavy atom. The molecule has 0 unspecified atom stereocenters. The molecule has 0 N–H and O–H groups in total. The molecule has 0 aliphatic rings. The monoisotopic (exact) mass is 596 g/mol. The Kier molecular flexibility index (Phi) is 46.7. The molecule has 0 amide bonds. The molecule has 0 spiro atoms. The number of unbranched alkanes of at least 4 members (excludes halogenated alkanes) is 23. The van der Waals surface area contributed by atoms with Crippen LogP contribution in [0, 0.1) is 0 Å². The van der Waals surface area contributed by atoms with Crippen LogP contribution in [0.15, 0.2) is 0 Å². The Morgan fingerprint density at radius 3 is 1.03 bits per heavy atom. The predicted molar refractivity (Wildman–Crippen MR) is 164 cm³/mol. The van der Waals surface area contributed by atoms with Crippen molar-refractivity contribution in [3.05, 3.63) is 0 Å². The average Bonchev–Trinajstić information content (AvgIpc) is 2.84. The van der Waals surface area contributed by atoms with Crippen molar-refractivity contribution in [1.29, 1.82) is 0 Å². The molecular formula is C30H60Mg2O6S+2. The summed E-state index contributed by atoms with van der Waals surface area (Å²) in [6.45, 7) is 4.51. The summed E-state index contributed by atoms with van der Waals surface area (Å²) in [5.41, 5.74) is 0. The minimum absolute atomic E-state index is 0. The van der Waals surface area contributed by atoms with Crippen LogP contribution in [0.1, 0.15) is 181 Å². The van der Waals surface area contributed by atoms with Gasteiger partial charge in [0.1, 0.15) is 0 Å². The van der Waals surface area contributed by atoms with E-state index in [4.69, 9.17) is 0 Å². The number of carbonyl (C=O) groups excluding carboxylic acids is 1. The van der Waals surface area contributed by atoms with E-state index in [-0.39, 0.29) is 59.1 Å². The van der Waals surface area contributed by atoms with Crippen molar-refractivity contribution in [3.63, 3.8) is 0 Å². The molecule has 0 aliphatic heterocycles. The van der Waals surface area contributed by atoms with Crippen LogP contribution in [0.5, 0.6) is 0 Å². The number of carboxylic acids is 1. The van der Waals surface area contributed by atoms with Crippen LogP contribution in [-0.4, -0.2) is 71.7 Å². The first-order valence-electron chi connectivity index (χ1n) is 15.6. The smallest absolute Gasteiger partial charge is 0.726 e. The van der Waals surface area contributed by atoms with Gasteiger partial charge in [-0.3, -0.25) is 4.18 Å². The molecule has 0 radical (unpaired) electrons. The van der Waals surface area contributed by atoms with Gasteiger partial charge in [0.25, 0.3) is 0 Å². The maximum atomic E-state index is 10.2. The normalized spacial score (nSPS) is 10.7. The van der Waals surface area contributed by atoms with Crippen LogP contribution in [0.2, 0.25) is 0 Å². The van der Waals surface area contributed by atoms with Crippen LogP contribution in [0.4, 0.5) is 0 Å². The zero-order valence-corrected chi connectivity index (χ0v) is 29.5. The number of hydrogen-bond donors (Lipinski definition) is 0. The zero-order valence-electron chi connectivity index (χ0n) is 25.9. The molecule has 0 rings (SSSR count). The first-order valence-corrected chi connectivity index (χ1v) is 17.0. The molecule has 0 bridgehead atoms. The molecule has 224 valence electrons. The fraction of sp³-hybridized carbons (Fsp3) is 0.967. The Morgan fingerprint density at radius 1 is 0.513 bits per heavy atom.